The maximum absolute atomic E-state index is 6.27. The van der Waals surface area contributed by atoms with Crippen LogP contribution >= 0.6 is 0 Å². The van der Waals surface area contributed by atoms with Crippen molar-refractivity contribution >= 4 is 0 Å². The Morgan fingerprint density at radius 3 is 1.00 bits per heavy atom. The van der Waals surface area contributed by atoms with Crippen LogP contribution in [0.4, 0.5) is 0 Å². The Bertz CT molecular complexity index is 1810. The van der Waals surface area contributed by atoms with Crippen LogP contribution in [0.2, 0.25) is 0 Å². The molecule has 0 aliphatic heterocycles. The lowest BCUT2D eigenvalue weighted by Gasteiger charge is -2.16. The molecule has 6 nitrogen and oxygen atoms in total. The molecule has 6 aromatic rings. The lowest BCUT2D eigenvalue weighted by atomic mass is 10.1. The summed E-state index contributed by atoms with van der Waals surface area (Å²) in [5.74, 6) is 3.71. The minimum Gasteiger partial charge on any atom is -0.485 e. The molecule has 0 aromatic heterocycles. The van der Waals surface area contributed by atoms with E-state index in [4.69, 9.17) is 18.9 Å². The molecular weight excluding hydrogens is 645 g/mol. The Labute approximate surface area is 307 Å². The Morgan fingerprint density at radius 2 is 0.673 bits per heavy atom. The van der Waals surface area contributed by atoms with Crippen molar-refractivity contribution in [1.29, 1.82) is 0 Å². The van der Waals surface area contributed by atoms with E-state index in [1.807, 2.05) is 84.9 Å². The van der Waals surface area contributed by atoms with E-state index in [2.05, 4.69) is 90.0 Å². The highest BCUT2D eigenvalue weighted by Crippen LogP contribution is 2.31. The summed E-state index contributed by atoms with van der Waals surface area (Å²) in [4.78, 5) is 0. The van der Waals surface area contributed by atoms with E-state index in [0.29, 0.717) is 26.4 Å². The average molecular weight is 691 g/mol. The summed E-state index contributed by atoms with van der Waals surface area (Å²) in [6.07, 6.45) is 1.60. The molecule has 0 atom stereocenters. The van der Waals surface area contributed by atoms with Crippen molar-refractivity contribution in [1.82, 2.24) is 10.6 Å². The molecule has 6 aromatic carbocycles. The molecule has 2 N–H and O–H groups in total. The van der Waals surface area contributed by atoms with Gasteiger partial charge < -0.3 is 29.6 Å². The van der Waals surface area contributed by atoms with Gasteiger partial charge in [0.05, 0.1) is 5.82 Å². The van der Waals surface area contributed by atoms with Gasteiger partial charge in [0.2, 0.25) is 0 Å². The lowest BCUT2D eigenvalue weighted by molar-refractivity contribution is 0.255. The summed E-state index contributed by atoms with van der Waals surface area (Å²) < 4.78 is 24.9. The van der Waals surface area contributed by atoms with Gasteiger partial charge in [0.25, 0.3) is 0 Å². The molecule has 0 aliphatic rings. The van der Waals surface area contributed by atoms with Gasteiger partial charge in [-0.1, -0.05) is 140 Å². The average Bonchev–Trinajstić information content (AvgIpc) is 3.20. The minimum absolute atomic E-state index is 0.467. The summed E-state index contributed by atoms with van der Waals surface area (Å²) in [7, 11) is 0. The van der Waals surface area contributed by atoms with E-state index in [-0.39, 0.29) is 0 Å². The normalized spacial score (nSPS) is 10.6. The van der Waals surface area contributed by atoms with Crippen LogP contribution in [0, 0.1) is 0 Å². The van der Waals surface area contributed by atoms with Crippen LogP contribution in [0.25, 0.3) is 0 Å². The van der Waals surface area contributed by atoms with Crippen LogP contribution in [-0.4, -0.2) is 13.1 Å². The van der Waals surface area contributed by atoms with Gasteiger partial charge in [-0.25, -0.2) is 0 Å². The fraction of sp³-hybridized carbons (Fsp3) is 0.174. The third-order valence-corrected chi connectivity index (χ3v) is 8.47. The van der Waals surface area contributed by atoms with Gasteiger partial charge in [-0.2, -0.15) is 0 Å². The summed E-state index contributed by atoms with van der Waals surface area (Å²) >= 11 is 0. The second kappa shape index (κ2) is 19.3. The van der Waals surface area contributed by atoms with Crippen molar-refractivity contribution in [2.24, 2.45) is 0 Å². The first-order chi connectivity index (χ1) is 25.7. The molecule has 0 bridgehead atoms. The monoisotopic (exact) mass is 690 g/mol. The first-order valence-electron chi connectivity index (χ1n) is 17.8. The van der Waals surface area contributed by atoms with Gasteiger partial charge in [-0.3, -0.25) is 0 Å². The SMILES string of the molecule is C=C(NCCc1ccc(OCc2ccccc2)c(OCc2ccccc2)c1)NCCc1ccc(OCc2ccccc2)c(OCc2ccccc2)c1. The molecule has 0 saturated carbocycles. The molecule has 0 fully saturated rings. The van der Waals surface area contributed by atoms with Crippen molar-refractivity contribution in [3.05, 3.63) is 204 Å². The highest BCUT2D eigenvalue weighted by Gasteiger charge is 2.11. The molecule has 0 unspecified atom stereocenters. The van der Waals surface area contributed by atoms with Gasteiger partial charge in [-0.05, 0) is 70.5 Å². The first kappa shape index (κ1) is 35.7. The third-order valence-electron chi connectivity index (χ3n) is 8.47. The van der Waals surface area contributed by atoms with Crippen LogP contribution in [0.15, 0.2) is 170 Å². The largest absolute Gasteiger partial charge is 0.485 e. The van der Waals surface area contributed by atoms with Gasteiger partial charge in [-0.15, -0.1) is 0 Å². The number of hydrogen-bond donors (Lipinski definition) is 2. The van der Waals surface area contributed by atoms with E-state index < -0.39 is 0 Å². The predicted octanol–water partition coefficient (Wildman–Crippen LogP) is 9.44. The first-order valence-corrected chi connectivity index (χ1v) is 17.8. The molecule has 6 rings (SSSR count). The summed E-state index contributed by atoms with van der Waals surface area (Å²) in [6, 6.07) is 53.0. The van der Waals surface area contributed by atoms with E-state index >= 15 is 0 Å². The number of nitrogens with one attached hydrogen (secondary N) is 2. The summed E-state index contributed by atoms with van der Waals surface area (Å²) in [5, 5.41) is 6.85. The van der Waals surface area contributed by atoms with Crippen LogP contribution < -0.4 is 29.6 Å². The molecule has 0 radical (unpaired) electrons. The van der Waals surface area contributed by atoms with Crippen LogP contribution in [-0.2, 0) is 39.3 Å². The zero-order chi connectivity index (χ0) is 35.6. The van der Waals surface area contributed by atoms with Crippen molar-refractivity contribution < 1.29 is 18.9 Å². The number of benzene rings is 6. The second-order valence-corrected chi connectivity index (χ2v) is 12.5. The van der Waals surface area contributed by atoms with Gasteiger partial charge in [0.15, 0.2) is 23.0 Å². The third kappa shape index (κ3) is 11.5. The highest BCUT2D eigenvalue weighted by molar-refractivity contribution is 5.44. The Morgan fingerprint density at radius 1 is 0.365 bits per heavy atom. The van der Waals surface area contributed by atoms with Crippen molar-refractivity contribution in [3.8, 4) is 23.0 Å². The fourth-order valence-electron chi connectivity index (χ4n) is 5.60. The minimum atomic E-state index is 0.467. The smallest absolute Gasteiger partial charge is 0.161 e. The van der Waals surface area contributed by atoms with Crippen LogP contribution in [0.1, 0.15) is 33.4 Å². The standard InChI is InChI=1S/C46H46N2O4/c1-36(47-28-26-37-22-24-43(49-32-39-14-6-2-7-15-39)45(30-37)51-34-41-18-10-4-11-19-41)48-29-27-38-23-25-44(50-33-40-16-8-3-9-17-40)46(31-38)52-35-42-20-12-5-13-21-42/h2-25,30-31,47-48H,1,26-29,32-35H2. The van der Waals surface area contributed by atoms with E-state index in [1.54, 1.807) is 0 Å². The molecule has 0 spiro atoms. The maximum Gasteiger partial charge on any atom is 0.161 e. The molecule has 264 valence electrons. The number of rotatable bonds is 20. The van der Waals surface area contributed by atoms with Gasteiger partial charge in [0, 0.05) is 13.1 Å². The van der Waals surface area contributed by atoms with Gasteiger partial charge in [0.1, 0.15) is 26.4 Å². The molecule has 0 amide bonds. The van der Waals surface area contributed by atoms with Gasteiger partial charge >= 0.3 is 0 Å². The Balaban J connectivity index is 0.996. The second-order valence-electron chi connectivity index (χ2n) is 12.5. The van der Waals surface area contributed by atoms with Crippen LogP contribution in [0.3, 0.4) is 0 Å². The lowest BCUT2D eigenvalue weighted by Crippen LogP contribution is -2.28. The highest BCUT2D eigenvalue weighted by atomic mass is 16.5. The van der Waals surface area contributed by atoms with Crippen LogP contribution in [0.5, 0.6) is 23.0 Å². The quantitative estimate of drug-likeness (QED) is 0.0833. The molecule has 6 heteroatoms. The van der Waals surface area contributed by atoms with Crippen molar-refractivity contribution in [3.63, 3.8) is 0 Å². The molecule has 0 saturated heterocycles. The molecular formula is C46H46N2O4. The molecule has 0 heterocycles. The summed E-state index contributed by atoms with van der Waals surface area (Å²) in [6.45, 7) is 7.53. The van der Waals surface area contributed by atoms with E-state index in [9.17, 15) is 0 Å². The Hall–Kier alpha value is -6.14. The van der Waals surface area contributed by atoms with E-state index in [1.165, 1.54) is 0 Å². The zero-order valence-corrected chi connectivity index (χ0v) is 29.5. The number of ether oxygens (including phenoxy) is 4. The Kier molecular flexibility index (Phi) is 13.2. The van der Waals surface area contributed by atoms with Crippen molar-refractivity contribution in [2.75, 3.05) is 13.1 Å². The molecule has 0 aliphatic carbocycles. The molecule has 52 heavy (non-hydrogen) atoms. The van der Waals surface area contributed by atoms with E-state index in [0.717, 1.165) is 88.1 Å². The fourth-order valence-corrected chi connectivity index (χ4v) is 5.60. The zero-order valence-electron chi connectivity index (χ0n) is 29.5. The number of hydrogen-bond acceptors (Lipinski definition) is 6. The predicted molar refractivity (Wildman–Crippen MR) is 209 cm³/mol. The topological polar surface area (TPSA) is 61.0 Å². The maximum atomic E-state index is 6.27. The summed E-state index contributed by atoms with van der Waals surface area (Å²) in [5.41, 5.74) is 6.72. The van der Waals surface area contributed by atoms with Crippen molar-refractivity contribution in [2.45, 2.75) is 39.3 Å².